The van der Waals surface area contributed by atoms with Crippen molar-refractivity contribution < 1.29 is 4.79 Å². The van der Waals surface area contributed by atoms with E-state index >= 15 is 0 Å². The van der Waals surface area contributed by atoms with Crippen molar-refractivity contribution >= 4 is 11.6 Å². The van der Waals surface area contributed by atoms with Crippen molar-refractivity contribution in [1.82, 2.24) is 4.90 Å². The molecule has 1 amide bonds. The first-order chi connectivity index (χ1) is 10.0. The van der Waals surface area contributed by atoms with Gasteiger partial charge in [0, 0.05) is 24.7 Å². The van der Waals surface area contributed by atoms with Crippen LogP contribution in [0.15, 0.2) is 24.3 Å². The summed E-state index contributed by atoms with van der Waals surface area (Å²) in [7, 11) is 4.14. The Morgan fingerprint density at radius 2 is 2.00 bits per heavy atom. The largest absolute Gasteiger partial charge is 0.327 e. The lowest BCUT2D eigenvalue weighted by Crippen LogP contribution is -2.28. The highest BCUT2D eigenvalue weighted by Gasteiger charge is 2.25. The Bertz CT molecular complexity index is 456. The molecule has 0 saturated heterocycles. The first-order valence-electron chi connectivity index (χ1n) is 7.83. The lowest BCUT2D eigenvalue weighted by Gasteiger charge is -2.15. The summed E-state index contributed by atoms with van der Waals surface area (Å²) < 4.78 is 0. The molecule has 1 fully saturated rings. The Kier molecular flexibility index (Phi) is 5.76. The molecule has 0 radical (unpaired) electrons. The average molecular weight is 289 g/mol. The van der Waals surface area contributed by atoms with E-state index in [0.29, 0.717) is 12.3 Å². The molecule has 1 saturated carbocycles. The molecule has 0 heterocycles. The van der Waals surface area contributed by atoms with E-state index in [2.05, 4.69) is 36.4 Å². The Balaban J connectivity index is 1.80. The predicted molar refractivity (Wildman–Crippen MR) is 87.3 cm³/mol. The van der Waals surface area contributed by atoms with E-state index in [4.69, 9.17) is 5.73 Å². The number of nitrogens with two attached hydrogens (primary N) is 1. The van der Waals surface area contributed by atoms with Crippen molar-refractivity contribution in [1.29, 1.82) is 0 Å². The summed E-state index contributed by atoms with van der Waals surface area (Å²) in [6, 6.07) is 8.33. The maximum atomic E-state index is 12.0. The summed E-state index contributed by atoms with van der Waals surface area (Å²) in [5.41, 5.74) is 8.18. The second-order valence-electron chi connectivity index (χ2n) is 6.36. The first-order valence-corrected chi connectivity index (χ1v) is 7.83. The molecule has 2 atom stereocenters. The number of carbonyl (C=O) groups excluding carboxylic acids is 1. The zero-order valence-corrected chi connectivity index (χ0v) is 13.1. The Morgan fingerprint density at radius 1 is 1.29 bits per heavy atom. The van der Waals surface area contributed by atoms with E-state index < -0.39 is 0 Å². The molecular formula is C17H27N3O. The molecule has 0 aliphatic heterocycles. The summed E-state index contributed by atoms with van der Waals surface area (Å²) in [6.07, 6.45) is 4.86. The van der Waals surface area contributed by atoms with E-state index in [1.807, 2.05) is 12.1 Å². The molecule has 2 rings (SSSR count). The maximum Gasteiger partial charge on any atom is 0.224 e. The van der Waals surface area contributed by atoms with Crippen LogP contribution in [0.25, 0.3) is 0 Å². The summed E-state index contributed by atoms with van der Waals surface area (Å²) in [5.74, 6) is 0.433. The van der Waals surface area contributed by atoms with Crippen LogP contribution < -0.4 is 11.1 Å². The molecule has 3 N–H and O–H groups in total. The second-order valence-corrected chi connectivity index (χ2v) is 6.36. The number of likely N-dealkylation sites (N-methyl/N-ethyl adjacent to an activating group) is 1. The first kappa shape index (κ1) is 16.0. The van der Waals surface area contributed by atoms with Gasteiger partial charge >= 0.3 is 0 Å². The van der Waals surface area contributed by atoms with Crippen molar-refractivity contribution in [3.05, 3.63) is 29.8 Å². The van der Waals surface area contributed by atoms with E-state index in [-0.39, 0.29) is 11.9 Å². The van der Waals surface area contributed by atoms with Gasteiger partial charge in [-0.15, -0.1) is 0 Å². The lowest BCUT2D eigenvalue weighted by molar-refractivity contribution is -0.117. The summed E-state index contributed by atoms with van der Waals surface area (Å²) in [6.45, 7) is 1.03. The highest BCUT2D eigenvalue weighted by atomic mass is 16.1. The van der Waals surface area contributed by atoms with Crippen molar-refractivity contribution in [2.45, 2.75) is 38.1 Å². The number of nitrogens with one attached hydrogen (secondary N) is 1. The minimum atomic E-state index is 0.0818. The third-order valence-electron chi connectivity index (χ3n) is 4.25. The van der Waals surface area contributed by atoms with Crippen LogP contribution in [-0.4, -0.2) is 37.5 Å². The van der Waals surface area contributed by atoms with Gasteiger partial charge in [0.05, 0.1) is 0 Å². The van der Waals surface area contributed by atoms with E-state index in [1.54, 1.807) is 0 Å². The Hall–Kier alpha value is -1.39. The van der Waals surface area contributed by atoms with E-state index in [1.165, 1.54) is 5.56 Å². The number of rotatable bonds is 6. The fourth-order valence-corrected chi connectivity index (χ4v) is 2.88. The number of nitrogens with zero attached hydrogens (tertiary/aromatic N) is 1. The van der Waals surface area contributed by atoms with Crippen LogP contribution >= 0.6 is 0 Å². The number of amides is 1. The number of benzene rings is 1. The highest BCUT2D eigenvalue weighted by Crippen LogP contribution is 2.27. The van der Waals surface area contributed by atoms with Crippen LogP contribution in [0.2, 0.25) is 0 Å². The predicted octanol–water partition coefficient (Wildman–Crippen LogP) is 2.25. The van der Waals surface area contributed by atoms with Gasteiger partial charge in [-0.3, -0.25) is 4.79 Å². The molecular weight excluding hydrogens is 262 g/mol. The van der Waals surface area contributed by atoms with Gasteiger partial charge in [0.15, 0.2) is 0 Å². The maximum absolute atomic E-state index is 12.0. The molecule has 1 aromatic rings. The number of carbonyl (C=O) groups is 1. The monoisotopic (exact) mass is 289 g/mol. The molecule has 0 bridgehead atoms. The van der Waals surface area contributed by atoms with Crippen molar-refractivity contribution in [2.75, 3.05) is 26.0 Å². The fraction of sp³-hybridized carbons (Fsp3) is 0.588. The zero-order valence-electron chi connectivity index (χ0n) is 13.1. The van der Waals surface area contributed by atoms with Gasteiger partial charge in [-0.1, -0.05) is 18.6 Å². The van der Waals surface area contributed by atoms with Crippen LogP contribution in [0.4, 0.5) is 5.69 Å². The van der Waals surface area contributed by atoms with Gasteiger partial charge < -0.3 is 16.0 Å². The molecule has 0 unspecified atom stereocenters. The normalized spacial score (nSPS) is 21.7. The zero-order chi connectivity index (χ0) is 15.2. The van der Waals surface area contributed by atoms with Crippen molar-refractivity contribution in [3.8, 4) is 0 Å². The topological polar surface area (TPSA) is 58.4 Å². The SMILES string of the molecule is CN(C)CCc1ccc(NC(=O)C[C@@H]2CCC[C@H]2N)cc1. The van der Waals surface area contributed by atoms with Crippen molar-refractivity contribution in [3.63, 3.8) is 0 Å². The third-order valence-corrected chi connectivity index (χ3v) is 4.25. The summed E-state index contributed by atoms with van der Waals surface area (Å²) in [4.78, 5) is 14.2. The molecule has 116 valence electrons. The van der Waals surface area contributed by atoms with Gasteiger partial charge in [-0.05, 0) is 57.0 Å². The van der Waals surface area contributed by atoms with Crippen LogP contribution in [0, 0.1) is 5.92 Å². The minimum absolute atomic E-state index is 0.0818. The van der Waals surface area contributed by atoms with Crippen LogP contribution in [-0.2, 0) is 11.2 Å². The third kappa shape index (κ3) is 5.14. The standard InChI is InChI=1S/C17H27N3O/c1-20(2)11-10-13-6-8-15(9-7-13)19-17(21)12-14-4-3-5-16(14)18/h6-9,14,16H,3-5,10-12,18H2,1-2H3,(H,19,21)/t14-,16+/m0/s1. The molecule has 4 heteroatoms. The summed E-state index contributed by atoms with van der Waals surface area (Å²) in [5, 5.41) is 2.98. The number of anilines is 1. The molecule has 4 nitrogen and oxygen atoms in total. The number of hydrogen-bond acceptors (Lipinski definition) is 3. The molecule has 1 aliphatic carbocycles. The molecule has 1 aromatic carbocycles. The van der Waals surface area contributed by atoms with E-state index in [9.17, 15) is 4.79 Å². The van der Waals surface area contributed by atoms with Gasteiger partial charge in [0.2, 0.25) is 5.91 Å². The quantitative estimate of drug-likeness (QED) is 0.844. The second kappa shape index (κ2) is 7.57. The minimum Gasteiger partial charge on any atom is -0.327 e. The fourth-order valence-electron chi connectivity index (χ4n) is 2.88. The van der Waals surface area contributed by atoms with Gasteiger partial charge in [-0.25, -0.2) is 0 Å². The molecule has 0 aromatic heterocycles. The van der Waals surface area contributed by atoms with Gasteiger partial charge in [0.1, 0.15) is 0 Å². The lowest BCUT2D eigenvalue weighted by atomic mass is 10.00. The smallest absolute Gasteiger partial charge is 0.224 e. The summed E-state index contributed by atoms with van der Waals surface area (Å²) >= 11 is 0. The van der Waals surface area contributed by atoms with E-state index in [0.717, 1.165) is 37.9 Å². The Morgan fingerprint density at radius 3 is 2.57 bits per heavy atom. The van der Waals surface area contributed by atoms with Gasteiger partial charge in [0.25, 0.3) is 0 Å². The van der Waals surface area contributed by atoms with Gasteiger partial charge in [-0.2, -0.15) is 0 Å². The van der Waals surface area contributed by atoms with Crippen LogP contribution in [0.1, 0.15) is 31.2 Å². The van der Waals surface area contributed by atoms with Crippen LogP contribution in [0.5, 0.6) is 0 Å². The highest BCUT2D eigenvalue weighted by molar-refractivity contribution is 5.90. The van der Waals surface area contributed by atoms with Crippen LogP contribution in [0.3, 0.4) is 0 Å². The Labute approximate surface area is 127 Å². The van der Waals surface area contributed by atoms with Crippen molar-refractivity contribution in [2.24, 2.45) is 11.7 Å². The average Bonchev–Trinajstić information content (AvgIpc) is 2.83. The molecule has 0 spiro atoms. The number of hydrogen-bond donors (Lipinski definition) is 2. The molecule has 1 aliphatic rings. The molecule has 21 heavy (non-hydrogen) atoms.